The van der Waals surface area contributed by atoms with Crippen molar-refractivity contribution in [3.8, 4) is 0 Å². The number of aliphatic hydroxyl groups excluding tert-OH is 2. The van der Waals surface area contributed by atoms with E-state index in [1.54, 1.807) is 0 Å². The predicted molar refractivity (Wildman–Crippen MR) is 159 cm³/mol. The smallest absolute Gasteiger partial charge is 0.247 e. The molecule has 0 saturated carbocycles. The van der Waals surface area contributed by atoms with Crippen LogP contribution in [0.5, 0.6) is 0 Å². The molecule has 0 heterocycles. The second kappa shape index (κ2) is 20.9. The second-order valence-corrected chi connectivity index (χ2v) is 10.1. The molecular formula is C26H48N10O6. The molecule has 0 aromatic carbocycles. The maximum absolute atomic E-state index is 12.3. The molecule has 16 nitrogen and oxygen atoms in total. The standard InChI is InChI=1S/C26H48N10O6/c1-15(25(41)35-13-19(37)9-17(27)11-23(39)33-7-5-21(29)30)3-4-16(2)26(42)36-14-20(38)10-18(28)12-24(40)34-8-6-22(31)32/h3-4,17-20,37-38H,5-14,27-28H2,1-2H3,(H3,29,30)(H3,31,32)(H,33,39)(H,34,40)(H,35,41)(H,36,42)/b15-3-,16-4+/t17-,18-,19-,20-/m1/s1. The van der Waals surface area contributed by atoms with E-state index in [-0.39, 0.29) is 99.3 Å². The van der Waals surface area contributed by atoms with E-state index in [0.717, 1.165) is 0 Å². The fraction of sp³-hybridized carbons (Fsp3) is 0.615. The van der Waals surface area contributed by atoms with Gasteiger partial charge in [0, 0.05) is 75.1 Å². The highest BCUT2D eigenvalue weighted by Crippen LogP contribution is 2.04. The first-order chi connectivity index (χ1) is 19.6. The van der Waals surface area contributed by atoms with Crippen molar-refractivity contribution in [3.05, 3.63) is 23.3 Å². The van der Waals surface area contributed by atoms with Crippen molar-refractivity contribution in [1.29, 1.82) is 10.8 Å². The lowest BCUT2D eigenvalue weighted by molar-refractivity contribution is -0.122. The van der Waals surface area contributed by atoms with Crippen LogP contribution in [0.15, 0.2) is 23.3 Å². The highest BCUT2D eigenvalue weighted by atomic mass is 16.3. The minimum Gasteiger partial charge on any atom is -0.391 e. The van der Waals surface area contributed by atoms with E-state index >= 15 is 0 Å². The first-order valence-corrected chi connectivity index (χ1v) is 13.6. The van der Waals surface area contributed by atoms with Gasteiger partial charge < -0.3 is 54.4 Å². The van der Waals surface area contributed by atoms with Gasteiger partial charge >= 0.3 is 0 Å². The van der Waals surface area contributed by atoms with Gasteiger partial charge in [0.2, 0.25) is 23.6 Å². The topological polar surface area (TPSA) is 309 Å². The Morgan fingerprint density at radius 3 is 1.33 bits per heavy atom. The van der Waals surface area contributed by atoms with Crippen LogP contribution in [-0.2, 0) is 19.2 Å². The minimum atomic E-state index is -0.981. The molecule has 0 aliphatic heterocycles. The van der Waals surface area contributed by atoms with Gasteiger partial charge in [0.05, 0.1) is 23.9 Å². The Morgan fingerprint density at radius 2 is 1.02 bits per heavy atom. The molecule has 0 rings (SSSR count). The van der Waals surface area contributed by atoms with Gasteiger partial charge in [-0.15, -0.1) is 0 Å². The SMILES string of the molecule is C/C(=C/C=C(\C)C(=O)NC[C@H](O)C[C@@H](N)CC(=O)NCCC(=N)N)C(=O)NC[C@H](O)C[C@@H](N)CC(=O)NCCC(=N)N. The average molecular weight is 597 g/mol. The van der Waals surface area contributed by atoms with Crippen LogP contribution in [0.1, 0.15) is 52.4 Å². The van der Waals surface area contributed by atoms with Gasteiger partial charge in [-0.25, -0.2) is 0 Å². The molecule has 0 aliphatic rings. The normalized spacial score (nSPS) is 14.6. The molecule has 238 valence electrons. The number of hydrogen-bond acceptors (Lipinski definition) is 10. The van der Waals surface area contributed by atoms with E-state index in [0.29, 0.717) is 0 Å². The summed E-state index contributed by atoms with van der Waals surface area (Å²) in [4.78, 5) is 48.3. The van der Waals surface area contributed by atoms with Crippen molar-refractivity contribution in [2.45, 2.75) is 76.7 Å². The van der Waals surface area contributed by atoms with E-state index < -0.39 is 36.1 Å². The van der Waals surface area contributed by atoms with Crippen LogP contribution >= 0.6 is 0 Å². The fourth-order valence-electron chi connectivity index (χ4n) is 3.43. The van der Waals surface area contributed by atoms with Crippen LogP contribution in [0.2, 0.25) is 0 Å². The number of allylic oxidation sites excluding steroid dienone is 2. The van der Waals surface area contributed by atoms with E-state index in [4.69, 9.17) is 33.8 Å². The van der Waals surface area contributed by atoms with Gasteiger partial charge in [-0.3, -0.25) is 30.0 Å². The first-order valence-electron chi connectivity index (χ1n) is 13.6. The molecule has 0 aliphatic carbocycles. The summed E-state index contributed by atoms with van der Waals surface area (Å²) in [5.74, 6) is -1.68. The van der Waals surface area contributed by atoms with Gasteiger partial charge in [-0.05, 0) is 26.7 Å². The van der Waals surface area contributed by atoms with Gasteiger partial charge in [-0.1, -0.05) is 12.2 Å². The summed E-state index contributed by atoms with van der Waals surface area (Å²) in [6.45, 7) is 3.33. The number of aliphatic hydroxyl groups is 2. The summed E-state index contributed by atoms with van der Waals surface area (Å²) >= 11 is 0. The Labute approximate surface area is 246 Å². The van der Waals surface area contributed by atoms with Crippen LogP contribution in [0, 0.1) is 10.8 Å². The Morgan fingerprint density at radius 1 is 0.690 bits per heavy atom. The lowest BCUT2D eigenvalue weighted by atomic mass is 10.1. The number of carbonyl (C=O) groups is 4. The van der Waals surface area contributed by atoms with Crippen molar-refractivity contribution in [2.75, 3.05) is 26.2 Å². The predicted octanol–water partition coefficient (Wildman–Crippen LogP) is -3.07. The molecule has 0 aromatic rings. The van der Waals surface area contributed by atoms with E-state index in [9.17, 15) is 29.4 Å². The molecule has 0 fully saturated rings. The van der Waals surface area contributed by atoms with Crippen molar-refractivity contribution in [3.63, 3.8) is 0 Å². The molecule has 4 amide bonds. The molecule has 16 N–H and O–H groups in total. The van der Waals surface area contributed by atoms with E-state index in [2.05, 4.69) is 21.3 Å². The summed E-state index contributed by atoms with van der Waals surface area (Å²) in [5.41, 5.74) is 22.8. The highest BCUT2D eigenvalue weighted by Gasteiger charge is 2.17. The lowest BCUT2D eigenvalue weighted by Crippen LogP contribution is -2.39. The van der Waals surface area contributed by atoms with Gasteiger partial charge in [0.15, 0.2) is 0 Å². The van der Waals surface area contributed by atoms with Crippen molar-refractivity contribution >= 4 is 35.3 Å². The maximum Gasteiger partial charge on any atom is 0.247 e. The van der Waals surface area contributed by atoms with Crippen molar-refractivity contribution < 1.29 is 29.4 Å². The molecule has 0 spiro atoms. The molecule has 0 aromatic heterocycles. The fourth-order valence-corrected chi connectivity index (χ4v) is 3.43. The van der Waals surface area contributed by atoms with E-state index in [1.165, 1.54) is 26.0 Å². The summed E-state index contributed by atoms with van der Waals surface area (Å²) in [7, 11) is 0. The zero-order valence-corrected chi connectivity index (χ0v) is 24.4. The molecular weight excluding hydrogens is 548 g/mol. The third kappa shape index (κ3) is 20.1. The second-order valence-electron chi connectivity index (χ2n) is 10.1. The van der Waals surface area contributed by atoms with Crippen molar-refractivity contribution in [1.82, 2.24) is 21.3 Å². The number of hydrogen-bond donors (Lipinski definition) is 12. The highest BCUT2D eigenvalue weighted by molar-refractivity contribution is 5.95. The molecule has 42 heavy (non-hydrogen) atoms. The van der Waals surface area contributed by atoms with Crippen LogP contribution in [-0.4, -0.2) is 96.0 Å². The average Bonchev–Trinajstić information content (AvgIpc) is 2.87. The first kappa shape index (κ1) is 38.1. The van der Waals surface area contributed by atoms with Crippen molar-refractivity contribution in [2.24, 2.45) is 22.9 Å². The maximum atomic E-state index is 12.3. The van der Waals surface area contributed by atoms with Crippen LogP contribution in [0.3, 0.4) is 0 Å². The third-order valence-corrected chi connectivity index (χ3v) is 5.77. The molecule has 16 heteroatoms. The van der Waals surface area contributed by atoms with Gasteiger partial charge in [0.25, 0.3) is 0 Å². The molecule has 0 unspecified atom stereocenters. The minimum absolute atomic E-state index is 0.0296. The molecule has 0 radical (unpaired) electrons. The number of carbonyl (C=O) groups excluding carboxylic acids is 4. The molecule has 4 atom stereocenters. The largest absolute Gasteiger partial charge is 0.391 e. The molecule has 0 bridgehead atoms. The monoisotopic (exact) mass is 596 g/mol. The summed E-state index contributed by atoms with van der Waals surface area (Å²) < 4.78 is 0. The summed E-state index contributed by atoms with van der Waals surface area (Å²) in [6.07, 6.45) is 1.46. The van der Waals surface area contributed by atoms with Gasteiger partial charge in [0.1, 0.15) is 0 Å². The van der Waals surface area contributed by atoms with Gasteiger partial charge in [-0.2, -0.15) is 0 Å². The number of nitrogens with one attached hydrogen (secondary N) is 6. The number of nitrogens with two attached hydrogens (primary N) is 4. The number of amidine groups is 2. The van der Waals surface area contributed by atoms with Crippen LogP contribution in [0.4, 0.5) is 0 Å². The zero-order valence-electron chi connectivity index (χ0n) is 24.4. The quantitative estimate of drug-likeness (QED) is 0.0274. The van der Waals surface area contributed by atoms with E-state index in [1.807, 2.05) is 0 Å². The lowest BCUT2D eigenvalue weighted by Gasteiger charge is -2.17. The number of rotatable bonds is 21. The summed E-state index contributed by atoms with van der Waals surface area (Å²) in [5, 5.41) is 44.8. The zero-order chi connectivity index (χ0) is 32.2. The Balaban J connectivity index is 4.45. The Bertz CT molecular complexity index is 922. The third-order valence-electron chi connectivity index (χ3n) is 5.77. The van der Waals surface area contributed by atoms with Crippen LogP contribution < -0.4 is 44.2 Å². The Hall–Kier alpha value is -3.86. The molecule has 0 saturated heterocycles. The van der Waals surface area contributed by atoms with Crippen LogP contribution in [0.25, 0.3) is 0 Å². The summed E-state index contributed by atoms with van der Waals surface area (Å²) in [6, 6.07) is -1.26. The number of amides is 4. The Kier molecular flexibility index (Phi) is 19.0.